The first-order valence-electron chi connectivity index (χ1n) is 4.88. The minimum atomic E-state index is 0.379. The summed E-state index contributed by atoms with van der Waals surface area (Å²) in [6.07, 6.45) is 0.591. The van der Waals surface area contributed by atoms with Crippen molar-refractivity contribution >= 4 is 0 Å². The van der Waals surface area contributed by atoms with Crippen LogP contribution in [0.3, 0.4) is 0 Å². The Morgan fingerprint density at radius 3 is 2.57 bits per heavy atom. The van der Waals surface area contributed by atoms with Gasteiger partial charge in [0.15, 0.2) is 0 Å². The molecule has 0 bridgehead atoms. The Morgan fingerprint density at radius 2 is 2.00 bits per heavy atom. The maximum absolute atomic E-state index is 8.49. The Hall–Kier alpha value is -1.33. The second-order valence-electron chi connectivity index (χ2n) is 3.48. The van der Waals surface area contributed by atoms with Crippen molar-refractivity contribution in [2.24, 2.45) is 0 Å². The lowest BCUT2D eigenvalue weighted by molar-refractivity contribution is 0.267. The van der Waals surface area contributed by atoms with E-state index in [0.717, 1.165) is 6.54 Å². The van der Waals surface area contributed by atoms with Gasteiger partial charge in [0.25, 0.3) is 0 Å². The van der Waals surface area contributed by atoms with E-state index < -0.39 is 0 Å². The second kappa shape index (κ2) is 5.41. The fourth-order valence-corrected chi connectivity index (χ4v) is 1.41. The number of hydrogen-bond acceptors (Lipinski definition) is 2. The van der Waals surface area contributed by atoms with Gasteiger partial charge in [-0.3, -0.25) is 4.90 Å². The van der Waals surface area contributed by atoms with E-state index in [4.69, 9.17) is 5.26 Å². The van der Waals surface area contributed by atoms with Crippen molar-refractivity contribution in [3.8, 4) is 6.07 Å². The van der Waals surface area contributed by atoms with Crippen molar-refractivity contribution < 1.29 is 0 Å². The maximum atomic E-state index is 8.49. The minimum absolute atomic E-state index is 0.379. The van der Waals surface area contributed by atoms with E-state index in [1.54, 1.807) is 0 Å². The standard InChI is InChI=1S/C12H16N2/c1-11(14(2)10-6-9-13)12-7-4-3-5-8-12/h3-5,7-8,11H,6,10H2,1-2H3. The smallest absolute Gasteiger partial charge is 0.0635 e. The van der Waals surface area contributed by atoms with Crippen LogP contribution in [0.1, 0.15) is 24.9 Å². The molecule has 1 unspecified atom stereocenters. The molecule has 0 heterocycles. The van der Waals surface area contributed by atoms with Crippen molar-refractivity contribution in [3.05, 3.63) is 35.9 Å². The van der Waals surface area contributed by atoms with Gasteiger partial charge in [-0.15, -0.1) is 0 Å². The molecule has 0 aliphatic carbocycles. The SMILES string of the molecule is CC(c1ccccc1)N(C)CCC#N. The highest BCUT2D eigenvalue weighted by atomic mass is 15.1. The van der Waals surface area contributed by atoms with Crippen molar-refractivity contribution in [3.63, 3.8) is 0 Å². The Kier molecular flexibility index (Phi) is 4.15. The van der Waals surface area contributed by atoms with Crippen LogP contribution < -0.4 is 0 Å². The highest BCUT2D eigenvalue weighted by molar-refractivity contribution is 5.18. The third kappa shape index (κ3) is 2.86. The van der Waals surface area contributed by atoms with Gasteiger partial charge >= 0.3 is 0 Å². The van der Waals surface area contributed by atoms with E-state index >= 15 is 0 Å². The molecule has 1 aromatic carbocycles. The van der Waals surface area contributed by atoms with Gasteiger partial charge < -0.3 is 0 Å². The molecule has 0 aromatic heterocycles. The van der Waals surface area contributed by atoms with Crippen LogP contribution >= 0.6 is 0 Å². The van der Waals surface area contributed by atoms with Crippen LogP contribution in [0, 0.1) is 11.3 Å². The molecule has 0 aliphatic heterocycles. The summed E-state index contributed by atoms with van der Waals surface area (Å²) in [5, 5.41) is 8.49. The van der Waals surface area contributed by atoms with Crippen LogP contribution in [0.2, 0.25) is 0 Å². The number of benzene rings is 1. The first-order chi connectivity index (χ1) is 6.75. The molecule has 2 nitrogen and oxygen atoms in total. The van der Waals surface area contributed by atoms with Crippen LogP contribution in [0.4, 0.5) is 0 Å². The fraction of sp³-hybridized carbons (Fsp3) is 0.417. The van der Waals surface area contributed by atoms with Crippen molar-refractivity contribution in [1.82, 2.24) is 4.90 Å². The number of nitrogens with zero attached hydrogens (tertiary/aromatic N) is 2. The Balaban J connectivity index is 2.57. The van der Waals surface area contributed by atoms with Gasteiger partial charge in [-0.1, -0.05) is 30.3 Å². The molecule has 0 fully saturated rings. The normalized spacial score (nSPS) is 12.4. The van der Waals surface area contributed by atoms with Crippen LogP contribution in [0.25, 0.3) is 0 Å². The molecule has 0 N–H and O–H groups in total. The van der Waals surface area contributed by atoms with Crippen LogP contribution in [0.5, 0.6) is 0 Å². The van der Waals surface area contributed by atoms with E-state index in [1.165, 1.54) is 5.56 Å². The molecule has 1 atom stereocenters. The molecule has 0 aliphatic rings. The van der Waals surface area contributed by atoms with Crippen molar-refractivity contribution in [2.75, 3.05) is 13.6 Å². The first-order valence-corrected chi connectivity index (χ1v) is 4.88. The summed E-state index contributed by atoms with van der Waals surface area (Å²) in [7, 11) is 2.05. The van der Waals surface area contributed by atoms with Gasteiger partial charge in [0.1, 0.15) is 0 Å². The van der Waals surface area contributed by atoms with Gasteiger partial charge in [0.2, 0.25) is 0 Å². The summed E-state index contributed by atoms with van der Waals surface area (Å²) in [6.45, 7) is 2.99. The highest BCUT2D eigenvalue weighted by Gasteiger charge is 2.09. The van der Waals surface area contributed by atoms with E-state index in [1.807, 2.05) is 18.2 Å². The minimum Gasteiger partial charge on any atom is -0.299 e. The average molecular weight is 188 g/mol. The summed E-state index contributed by atoms with van der Waals surface area (Å²) >= 11 is 0. The molecular formula is C12H16N2. The summed E-state index contributed by atoms with van der Waals surface area (Å²) in [5.41, 5.74) is 1.30. The molecule has 14 heavy (non-hydrogen) atoms. The monoisotopic (exact) mass is 188 g/mol. The highest BCUT2D eigenvalue weighted by Crippen LogP contribution is 2.17. The summed E-state index contributed by atoms with van der Waals surface area (Å²) in [4.78, 5) is 2.19. The summed E-state index contributed by atoms with van der Waals surface area (Å²) < 4.78 is 0. The zero-order valence-corrected chi connectivity index (χ0v) is 8.77. The quantitative estimate of drug-likeness (QED) is 0.726. The first kappa shape index (κ1) is 10.7. The summed E-state index contributed by atoms with van der Waals surface area (Å²) in [6, 6.07) is 12.9. The lowest BCUT2D eigenvalue weighted by atomic mass is 10.1. The van der Waals surface area contributed by atoms with E-state index in [0.29, 0.717) is 12.5 Å². The van der Waals surface area contributed by atoms with Crippen LogP contribution in [0.15, 0.2) is 30.3 Å². The lowest BCUT2D eigenvalue weighted by Crippen LogP contribution is -2.23. The van der Waals surface area contributed by atoms with Crippen molar-refractivity contribution in [1.29, 1.82) is 5.26 Å². The van der Waals surface area contributed by atoms with E-state index in [-0.39, 0.29) is 0 Å². The van der Waals surface area contributed by atoms with E-state index in [9.17, 15) is 0 Å². The summed E-state index contributed by atoms with van der Waals surface area (Å²) in [5.74, 6) is 0. The third-order valence-corrected chi connectivity index (χ3v) is 2.52. The zero-order valence-electron chi connectivity index (χ0n) is 8.77. The third-order valence-electron chi connectivity index (χ3n) is 2.52. The molecule has 0 radical (unpaired) electrons. The molecule has 0 amide bonds. The largest absolute Gasteiger partial charge is 0.299 e. The molecule has 2 heteroatoms. The van der Waals surface area contributed by atoms with Gasteiger partial charge in [-0.25, -0.2) is 0 Å². The van der Waals surface area contributed by atoms with Crippen LogP contribution in [-0.4, -0.2) is 18.5 Å². The zero-order chi connectivity index (χ0) is 10.4. The number of hydrogen-bond donors (Lipinski definition) is 0. The van der Waals surface area contributed by atoms with Crippen molar-refractivity contribution in [2.45, 2.75) is 19.4 Å². The Morgan fingerprint density at radius 1 is 1.36 bits per heavy atom. The molecule has 0 saturated heterocycles. The Labute approximate surface area is 85.8 Å². The maximum Gasteiger partial charge on any atom is 0.0635 e. The topological polar surface area (TPSA) is 27.0 Å². The molecule has 1 aromatic rings. The van der Waals surface area contributed by atoms with Gasteiger partial charge in [-0.2, -0.15) is 5.26 Å². The van der Waals surface area contributed by atoms with Gasteiger partial charge in [-0.05, 0) is 19.5 Å². The number of nitriles is 1. The molecule has 0 saturated carbocycles. The van der Waals surface area contributed by atoms with E-state index in [2.05, 4.69) is 37.1 Å². The predicted octanol–water partition coefficient (Wildman–Crippen LogP) is 2.59. The number of rotatable bonds is 4. The van der Waals surface area contributed by atoms with Gasteiger partial charge in [0.05, 0.1) is 6.07 Å². The second-order valence-corrected chi connectivity index (χ2v) is 3.48. The Bertz CT molecular complexity index is 300. The lowest BCUT2D eigenvalue weighted by Gasteiger charge is -2.23. The molecule has 0 spiro atoms. The fourth-order valence-electron chi connectivity index (χ4n) is 1.41. The molecular weight excluding hydrogens is 172 g/mol. The van der Waals surface area contributed by atoms with Gasteiger partial charge in [0, 0.05) is 19.0 Å². The van der Waals surface area contributed by atoms with Crippen LogP contribution in [-0.2, 0) is 0 Å². The predicted molar refractivity (Wildman–Crippen MR) is 57.7 cm³/mol. The average Bonchev–Trinajstić information content (AvgIpc) is 2.26. The molecule has 74 valence electrons. The molecule has 1 rings (SSSR count).